The van der Waals surface area contributed by atoms with Crippen LogP contribution in [0.1, 0.15) is 66.7 Å². The number of carbonyl (C=O) groups excluding carboxylic acids is 1. The molecule has 1 atom stereocenters. The Balaban J connectivity index is 3.37. The average molecular weight is 241 g/mol. The standard InChI is InChI=1S/C15H31NO/c1-12(2)10-8-6-7-9-11-16-15(17)14(5)13(3)4/h12-14H,6-11H2,1-5H3,(H,16,17)/t14-/m0/s1. The lowest BCUT2D eigenvalue weighted by Gasteiger charge is -2.15. The monoisotopic (exact) mass is 241 g/mol. The summed E-state index contributed by atoms with van der Waals surface area (Å²) in [5.41, 5.74) is 0. The van der Waals surface area contributed by atoms with Crippen LogP contribution in [0.5, 0.6) is 0 Å². The van der Waals surface area contributed by atoms with Gasteiger partial charge < -0.3 is 5.32 Å². The molecule has 2 nitrogen and oxygen atoms in total. The van der Waals surface area contributed by atoms with Crippen molar-refractivity contribution in [1.82, 2.24) is 5.32 Å². The highest BCUT2D eigenvalue weighted by atomic mass is 16.1. The molecule has 0 radical (unpaired) electrons. The second-order valence-electron chi connectivity index (χ2n) is 5.92. The molecule has 0 aliphatic heterocycles. The van der Waals surface area contributed by atoms with E-state index in [1.54, 1.807) is 0 Å². The molecule has 0 aliphatic rings. The number of nitrogens with one attached hydrogen (secondary N) is 1. The van der Waals surface area contributed by atoms with Gasteiger partial charge in [0.1, 0.15) is 0 Å². The Bertz CT molecular complexity index is 199. The maximum atomic E-state index is 11.7. The van der Waals surface area contributed by atoms with Crippen molar-refractivity contribution < 1.29 is 4.79 Å². The summed E-state index contributed by atoms with van der Waals surface area (Å²) in [6, 6.07) is 0. The Morgan fingerprint density at radius 1 is 0.941 bits per heavy atom. The van der Waals surface area contributed by atoms with Gasteiger partial charge in [-0.2, -0.15) is 0 Å². The maximum absolute atomic E-state index is 11.7. The molecule has 0 spiro atoms. The van der Waals surface area contributed by atoms with Crippen LogP contribution in [0, 0.1) is 17.8 Å². The smallest absolute Gasteiger partial charge is 0.223 e. The van der Waals surface area contributed by atoms with Gasteiger partial charge in [0, 0.05) is 12.5 Å². The lowest BCUT2D eigenvalue weighted by Crippen LogP contribution is -2.32. The van der Waals surface area contributed by atoms with Crippen LogP contribution >= 0.6 is 0 Å². The summed E-state index contributed by atoms with van der Waals surface area (Å²) in [6.07, 6.45) is 6.32. The lowest BCUT2D eigenvalue weighted by atomic mass is 9.97. The summed E-state index contributed by atoms with van der Waals surface area (Å²) in [5, 5.41) is 3.02. The predicted octanol–water partition coefficient (Wildman–Crippen LogP) is 4.00. The van der Waals surface area contributed by atoms with Crippen LogP contribution in [0.4, 0.5) is 0 Å². The Labute approximate surface area is 108 Å². The van der Waals surface area contributed by atoms with Crippen LogP contribution in [0.15, 0.2) is 0 Å². The zero-order valence-corrected chi connectivity index (χ0v) is 12.4. The summed E-state index contributed by atoms with van der Waals surface area (Å²) in [6.45, 7) is 11.6. The zero-order chi connectivity index (χ0) is 13.3. The molecule has 0 aromatic heterocycles. The molecule has 0 saturated carbocycles. The topological polar surface area (TPSA) is 29.1 Å². The summed E-state index contributed by atoms with van der Waals surface area (Å²) < 4.78 is 0. The number of unbranched alkanes of at least 4 members (excludes halogenated alkanes) is 3. The number of carbonyl (C=O) groups is 1. The molecule has 102 valence electrons. The van der Waals surface area contributed by atoms with E-state index < -0.39 is 0 Å². The minimum Gasteiger partial charge on any atom is -0.356 e. The molecule has 2 heteroatoms. The van der Waals surface area contributed by atoms with Gasteiger partial charge in [-0.1, -0.05) is 60.3 Å². The number of hydrogen-bond acceptors (Lipinski definition) is 1. The van der Waals surface area contributed by atoms with Crippen molar-refractivity contribution in [2.75, 3.05) is 6.54 Å². The first kappa shape index (κ1) is 16.5. The van der Waals surface area contributed by atoms with E-state index in [0.717, 1.165) is 18.9 Å². The van der Waals surface area contributed by atoms with Crippen molar-refractivity contribution in [1.29, 1.82) is 0 Å². The molecule has 0 aromatic rings. The Hall–Kier alpha value is -0.530. The second-order valence-corrected chi connectivity index (χ2v) is 5.92. The molecule has 0 heterocycles. The lowest BCUT2D eigenvalue weighted by molar-refractivity contribution is -0.125. The highest BCUT2D eigenvalue weighted by molar-refractivity contribution is 5.78. The highest BCUT2D eigenvalue weighted by Crippen LogP contribution is 2.10. The molecule has 0 rings (SSSR count). The first-order chi connectivity index (χ1) is 7.95. The zero-order valence-electron chi connectivity index (χ0n) is 12.4. The molecule has 0 saturated heterocycles. The van der Waals surface area contributed by atoms with Crippen LogP contribution in [0.2, 0.25) is 0 Å². The van der Waals surface area contributed by atoms with E-state index in [0.29, 0.717) is 5.92 Å². The third-order valence-corrected chi connectivity index (χ3v) is 3.42. The van der Waals surface area contributed by atoms with E-state index in [4.69, 9.17) is 0 Å². The normalized spacial score (nSPS) is 13.1. The molecule has 0 bridgehead atoms. The van der Waals surface area contributed by atoms with Gasteiger partial charge in [0.25, 0.3) is 0 Å². The fourth-order valence-corrected chi connectivity index (χ4v) is 1.71. The quantitative estimate of drug-likeness (QED) is 0.607. The van der Waals surface area contributed by atoms with Gasteiger partial charge in [-0.25, -0.2) is 0 Å². The summed E-state index contributed by atoms with van der Waals surface area (Å²) in [4.78, 5) is 11.7. The summed E-state index contributed by atoms with van der Waals surface area (Å²) in [5.74, 6) is 1.60. The molecule has 0 unspecified atom stereocenters. The van der Waals surface area contributed by atoms with Crippen molar-refractivity contribution >= 4 is 5.91 Å². The number of rotatable bonds is 9. The fourth-order valence-electron chi connectivity index (χ4n) is 1.71. The minimum atomic E-state index is 0.135. The van der Waals surface area contributed by atoms with Gasteiger partial charge in [0.2, 0.25) is 5.91 Å². The van der Waals surface area contributed by atoms with Crippen LogP contribution < -0.4 is 5.32 Å². The maximum Gasteiger partial charge on any atom is 0.223 e. The molecule has 0 fully saturated rings. The number of amides is 1. The van der Waals surface area contributed by atoms with Crippen molar-refractivity contribution in [3.05, 3.63) is 0 Å². The summed E-state index contributed by atoms with van der Waals surface area (Å²) in [7, 11) is 0. The SMILES string of the molecule is CC(C)CCCCCCNC(=O)[C@@H](C)C(C)C. The Morgan fingerprint density at radius 3 is 2.06 bits per heavy atom. The molecular weight excluding hydrogens is 210 g/mol. The van der Waals surface area contributed by atoms with Crippen LogP contribution in [-0.4, -0.2) is 12.5 Å². The second kappa shape index (κ2) is 9.49. The predicted molar refractivity (Wildman–Crippen MR) is 74.9 cm³/mol. The van der Waals surface area contributed by atoms with E-state index in [1.807, 2.05) is 6.92 Å². The fraction of sp³-hybridized carbons (Fsp3) is 0.933. The van der Waals surface area contributed by atoms with Crippen LogP contribution in [0.3, 0.4) is 0 Å². The average Bonchev–Trinajstić information content (AvgIpc) is 2.25. The molecule has 1 amide bonds. The Morgan fingerprint density at radius 2 is 1.53 bits per heavy atom. The van der Waals surface area contributed by atoms with E-state index in [1.165, 1.54) is 25.7 Å². The molecule has 1 N–H and O–H groups in total. The van der Waals surface area contributed by atoms with Crippen molar-refractivity contribution in [2.24, 2.45) is 17.8 Å². The van der Waals surface area contributed by atoms with Gasteiger partial charge in [0.05, 0.1) is 0 Å². The largest absolute Gasteiger partial charge is 0.356 e. The van der Waals surface area contributed by atoms with Crippen molar-refractivity contribution in [2.45, 2.75) is 66.7 Å². The van der Waals surface area contributed by atoms with Gasteiger partial charge in [-0.15, -0.1) is 0 Å². The number of hydrogen-bond donors (Lipinski definition) is 1. The third kappa shape index (κ3) is 9.20. The van der Waals surface area contributed by atoms with Gasteiger partial charge >= 0.3 is 0 Å². The minimum absolute atomic E-state index is 0.135. The van der Waals surface area contributed by atoms with E-state index in [9.17, 15) is 4.79 Å². The van der Waals surface area contributed by atoms with Gasteiger partial charge in [-0.3, -0.25) is 4.79 Å². The molecular formula is C15H31NO. The van der Waals surface area contributed by atoms with Crippen molar-refractivity contribution in [3.8, 4) is 0 Å². The molecule has 0 aliphatic carbocycles. The highest BCUT2D eigenvalue weighted by Gasteiger charge is 2.15. The van der Waals surface area contributed by atoms with Gasteiger partial charge in [-0.05, 0) is 18.3 Å². The van der Waals surface area contributed by atoms with E-state index >= 15 is 0 Å². The molecule has 0 aromatic carbocycles. The third-order valence-electron chi connectivity index (χ3n) is 3.42. The van der Waals surface area contributed by atoms with Crippen LogP contribution in [0.25, 0.3) is 0 Å². The van der Waals surface area contributed by atoms with E-state index in [2.05, 4.69) is 33.0 Å². The first-order valence-corrected chi connectivity index (χ1v) is 7.22. The van der Waals surface area contributed by atoms with Gasteiger partial charge in [0.15, 0.2) is 0 Å². The first-order valence-electron chi connectivity index (χ1n) is 7.22. The van der Waals surface area contributed by atoms with Crippen molar-refractivity contribution in [3.63, 3.8) is 0 Å². The van der Waals surface area contributed by atoms with Crippen LogP contribution in [-0.2, 0) is 4.79 Å². The molecule has 17 heavy (non-hydrogen) atoms. The summed E-state index contributed by atoms with van der Waals surface area (Å²) >= 11 is 0. The Kier molecular flexibility index (Phi) is 9.20. The van der Waals surface area contributed by atoms with E-state index in [-0.39, 0.29) is 11.8 Å².